The summed E-state index contributed by atoms with van der Waals surface area (Å²) in [5, 5.41) is 10.9. The summed E-state index contributed by atoms with van der Waals surface area (Å²) in [7, 11) is 0. The molecule has 2 heterocycles. The average Bonchev–Trinajstić information content (AvgIpc) is 3.18. The summed E-state index contributed by atoms with van der Waals surface area (Å²) in [6.07, 6.45) is -2.05. The van der Waals surface area contributed by atoms with E-state index in [1.165, 1.54) is 52.3 Å². The van der Waals surface area contributed by atoms with E-state index >= 15 is 0 Å². The van der Waals surface area contributed by atoms with E-state index in [9.17, 15) is 23.7 Å². The molecule has 148 valence electrons. The summed E-state index contributed by atoms with van der Waals surface area (Å²) in [5.74, 6) is -0.908. The summed E-state index contributed by atoms with van der Waals surface area (Å²) in [4.78, 5) is 27.9. The number of nitro benzene ring substituents is 1. The van der Waals surface area contributed by atoms with Crippen LogP contribution in [0.4, 0.5) is 14.5 Å². The minimum atomic E-state index is -3.73. The van der Waals surface area contributed by atoms with Crippen LogP contribution in [0.15, 0.2) is 53.7 Å². The van der Waals surface area contributed by atoms with Crippen LogP contribution in [0.3, 0.4) is 0 Å². The second-order valence-corrected chi connectivity index (χ2v) is 7.23. The Bertz CT molecular complexity index is 1220. The van der Waals surface area contributed by atoms with E-state index in [1.807, 2.05) is 0 Å². The third-order valence-corrected chi connectivity index (χ3v) is 4.83. The van der Waals surface area contributed by atoms with E-state index in [1.54, 1.807) is 13.1 Å². The summed E-state index contributed by atoms with van der Waals surface area (Å²) >= 11 is 1.20. The highest BCUT2D eigenvalue weighted by molar-refractivity contribution is 7.09. The van der Waals surface area contributed by atoms with Crippen LogP contribution in [-0.4, -0.2) is 21.7 Å². The van der Waals surface area contributed by atoms with Gasteiger partial charge in [0.15, 0.2) is 16.3 Å². The molecule has 0 saturated heterocycles. The molecular formula is C18H11F2N3O5S. The van der Waals surface area contributed by atoms with Gasteiger partial charge in [-0.15, -0.1) is 20.1 Å². The highest BCUT2D eigenvalue weighted by atomic mass is 32.1. The van der Waals surface area contributed by atoms with Crippen LogP contribution in [-0.2, 0) is 0 Å². The van der Waals surface area contributed by atoms with Gasteiger partial charge in [-0.1, -0.05) is 6.07 Å². The standard InChI is InChI=1S/C18H11F2N3O5S/c1-10-9-22(12-5-6-14-15(8-12)28-18(19,20)27-14)17(29-10)21-16(24)11-3-2-4-13(7-11)23(25)26/h2-9H,1H3. The number of aryl methyl sites for hydroxylation is 1. The van der Waals surface area contributed by atoms with Gasteiger partial charge in [0.25, 0.3) is 11.6 Å². The van der Waals surface area contributed by atoms with Crippen molar-refractivity contribution in [3.8, 4) is 17.2 Å². The molecule has 1 aliphatic rings. The molecule has 3 aromatic rings. The number of ether oxygens (including phenoxy) is 2. The molecule has 0 fully saturated rings. The number of thiazole rings is 1. The molecule has 1 aliphatic heterocycles. The Hall–Kier alpha value is -3.60. The summed E-state index contributed by atoms with van der Waals surface area (Å²) in [6, 6.07) is 9.43. The first-order valence-corrected chi connectivity index (χ1v) is 8.96. The van der Waals surface area contributed by atoms with Crippen molar-refractivity contribution < 1.29 is 28.0 Å². The molecule has 0 aliphatic carbocycles. The minimum Gasteiger partial charge on any atom is -0.395 e. The van der Waals surface area contributed by atoms with Gasteiger partial charge in [0, 0.05) is 34.8 Å². The SMILES string of the molecule is Cc1cn(-c2ccc3c(c2)OC(F)(F)O3)c(=NC(=O)c2cccc([N+](=O)[O-])c2)s1. The van der Waals surface area contributed by atoms with Crippen LogP contribution in [0, 0.1) is 17.0 Å². The minimum absolute atomic E-state index is 0.0575. The fraction of sp³-hybridized carbons (Fsp3) is 0.111. The molecule has 0 N–H and O–H groups in total. The van der Waals surface area contributed by atoms with Gasteiger partial charge in [-0.2, -0.15) is 4.99 Å². The van der Waals surface area contributed by atoms with Crippen LogP contribution in [0.2, 0.25) is 0 Å². The van der Waals surface area contributed by atoms with Gasteiger partial charge in [0.05, 0.1) is 10.6 Å². The number of non-ortho nitro benzene ring substituents is 1. The number of alkyl halides is 2. The Kier molecular flexibility index (Phi) is 4.38. The first-order chi connectivity index (χ1) is 13.7. The molecule has 2 aromatic carbocycles. The molecule has 8 nitrogen and oxygen atoms in total. The van der Waals surface area contributed by atoms with Gasteiger partial charge in [0.2, 0.25) is 0 Å². The predicted octanol–water partition coefficient (Wildman–Crippen LogP) is 3.82. The van der Waals surface area contributed by atoms with Gasteiger partial charge in [-0.3, -0.25) is 19.5 Å². The van der Waals surface area contributed by atoms with E-state index in [-0.39, 0.29) is 27.6 Å². The average molecular weight is 419 g/mol. The van der Waals surface area contributed by atoms with Gasteiger partial charge in [-0.25, -0.2) is 0 Å². The van der Waals surface area contributed by atoms with Gasteiger partial charge < -0.3 is 9.47 Å². The number of rotatable bonds is 3. The second kappa shape index (κ2) is 6.78. The maximum Gasteiger partial charge on any atom is 0.586 e. The Balaban J connectivity index is 1.74. The number of aromatic nitrogens is 1. The van der Waals surface area contributed by atoms with Crippen molar-refractivity contribution in [2.75, 3.05) is 0 Å². The number of carbonyl (C=O) groups excluding carboxylic acids is 1. The van der Waals surface area contributed by atoms with Crippen LogP contribution < -0.4 is 14.3 Å². The Morgan fingerprint density at radius 2 is 1.97 bits per heavy atom. The summed E-state index contributed by atoms with van der Waals surface area (Å²) < 4.78 is 36.9. The van der Waals surface area contributed by atoms with Gasteiger partial charge in [0.1, 0.15) is 0 Å². The monoisotopic (exact) mass is 419 g/mol. The zero-order valence-electron chi connectivity index (χ0n) is 14.7. The number of amides is 1. The normalized spacial score (nSPS) is 14.8. The molecule has 29 heavy (non-hydrogen) atoms. The fourth-order valence-corrected chi connectivity index (χ4v) is 3.54. The molecule has 1 amide bonds. The molecular weight excluding hydrogens is 408 g/mol. The number of benzene rings is 2. The number of fused-ring (bicyclic) bond motifs is 1. The lowest BCUT2D eigenvalue weighted by Gasteiger charge is -2.05. The molecule has 4 rings (SSSR count). The first-order valence-electron chi connectivity index (χ1n) is 8.15. The van der Waals surface area contributed by atoms with Crippen molar-refractivity contribution in [2.24, 2.45) is 4.99 Å². The molecule has 0 radical (unpaired) electrons. The smallest absolute Gasteiger partial charge is 0.395 e. The Morgan fingerprint density at radius 1 is 1.21 bits per heavy atom. The van der Waals surface area contributed by atoms with E-state index in [4.69, 9.17) is 0 Å². The molecule has 0 atom stereocenters. The van der Waals surface area contributed by atoms with Crippen molar-refractivity contribution in [3.05, 3.63) is 74.0 Å². The number of halogens is 2. The lowest BCUT2D eigenvalue weighted by Crippen LogP contribution is -2.25. The molecule has 0 spiro atoms. The van der Waals surface area contributed by atoms with Crippen molar-refractivity contribution in [1.82, 2.24) is 4.57 Å². The maximum absolute atomic E-state index is 13.2. The lowest BCUT2D eigenvalue weighted by molar-refractivity contribution is -0.384. The van der Waals surface area contributed by atoms with Crippen molar-refractivity contribution in [1.29, 1.82) is 0 Å². The van der Waals surface area contributed by atoms with Crippen molar-refractivity contribution in [3.63, 3.8) is 0 Å². The quantitative estimate of drug-likeness (QED) is 0.475. The van der Waals surface area contributed by atoms with Crippen LogP contribution >= 0.6 is 11.3 Å². The number of carbonyl (C=O) groups is 1. The van der Waals surface area contributed by atoms with E-state index in [2.05, 4.69) is 14.5 Å². The van der Waals surface area contributed by atoms with E-state index in [0.29, 0.717) is 5.69 Å². The van der Waals surface area contributed by atoms with Crippen LogP contribution in [0.1, 0.15) is 15.2 Å². The van der Waals surface area contributed by atoms with Crippen molar-refractivity contribution >= 4 is 22.9 Å². The van der Waals surface area contributed by atoms with Gasteiger partial charge >= 0.3 is 6.29 Å². The lowest BCUT2D eigenvalue weighted by atomic mass is 10.2. The molecule has 0 bridgehead atoms. The largest absolute Gasteiger partial charge is 0.586 e. The topological polar surface area (TPSA) is 96.0 Å². The molecule has 0 unspecified atom stereocenters. The first kappa shape index (κ1) is 18.7. The summed E-state index contributed by atoms with van der Waals surface area (Å²) in [5.41, 5.74) is 0.264. The summed E-state index contributed by atoms with van der Waals surface area (Å²) in [6.45, 7) is 1.79. The van der Waals surface area contributed by atoms with Crippen LogP contribution in [0.5, 0.6) is 11.5 Å². The number of hydrogen-bond donors (Lipinski definition) is 0. The third kappa shape index (κ3) is 3.72. The Morgan fingerprint density at radius 3 is 2.72 bits per heavy atom. The molecule has 1 aromatic heterocycles. The van der Waals surface area contributed by atoms with Crippen molar-refractivity contribution in [2.45, 2.75) is 13.2 Å². The Labute approximate surface area is 165 Å². The highest BCUT2D eigenvalue weighted by Crippen LogP contribution is 2.41. The zero-order chi connectivity index (χ0) is 20.8. The number of hydrogen-bond acceptors (Lipinski definition) is 6. The number of nitro groups is 1. The molecule has 11 heteroatoms. The second-order valence-electron chi connectivity index (χ2n) is 6.02. The maximum atomic E-state index is 13.2. The van der Waals surface area contributed by atoms with E-state index in [0.717, 1.165) is 10.9 Å². The third-order valence-electron chi connectivity index (χ3n) is 3.93. The number of nitrogens with zero attached hydrogens (tertiary/aromatic N) is 3. The van der Waals surface area contributed by atoms with E-state index < -0.39 is 17.1 Å². The molecule has 0 saturated carbocycles. The fourth-order valence-electron chi connectivity index (χ4n) is 2.71. The van der Waals surface area contributed by atoms with Gasteiger partial charge in [-0.05, 0) is 25.1 Å². The highest BCUT2D eigenvalue weighted by Gasteiger charge is 2.43. The zero-order valence-corrected chi connectivity index (χ0v) is 15.5. The predicted molar refractivity (Wildman–Crippen MR) is 97.6 cm³/mol. The van der Waals surface area contributed by atoms with Crippen LogP contribution in [0.25, 0.3) is 5.69 Å².